The molecule has 2 aromatic heterocycles. The SMILES string of the molecule is Cc1cnc(CN2CCn3nc(COc4ccccc4)cc3C2=O)cc1C. The maximum atomic E-state index is 12.9. The summed E-state index contributed by atoms with van der Waals surface area (Å²) in [4.78, 5) is 19.1. The quantitative estimate of drug-likeness (QED) is 0.700. The second-order valence-corrected chi connectivity index (χ2v) is 6.83. The molecule has 1 amide bonds. The van der Waals surface area contributed by atoms with Crippen LogP contribution in [0.2, 0.25) is 0 Å². The molecular formula is C21H22N4O2. The summed E-state index contributed by atoms with van der Waals surface area (Å²) in [6.45, 7) is 6.26. The maximum Gasteiger partial charge on any atom is 0.272 e. The lowest BCUT2D eigenvalue weighted by Crippen LogP contribution is -2.40. The average Bonchev–Trinajstić information content (AvgIpc) is 3.10. The van der Waals surface area contributed by atoms with Crippen LogP contribution in [0.3, 0.4) is 0 Å². The molecule has 1 aliphatic rings. The summed E-state index contributed by atoms with van der Waals surface area (Å²) in [6.07, 6.45) is 1.86. The first-order valence-electron chi connectivity index (χ1n) is 9.06. The Morgan fingerprint density at radius 3 is 2.63 bits per heavy atom. The molecule has 0 fully saturated rings. The molecule has 4 rings (SSSR count). The number of rotatable bonds is 5. The van der Waals surface area contributed by atoms with Crippen molar-refractivity contribution in [3.05, 3.63) is 76.9 Å². The second-order valence-electron chi connectivity index (χ2n) is 6.83. The number of hydrogen-bond acceptors (Lipinski definition) is 4. The number of amides is 1. The van der Waals surface area contributed by atoms with Gasteiger partial charge in [-0.2, -0.15) is 5.10 Å². The highest BCUT2D eigenvalue weighted by molar-refractivity contribution is 5.93. The van der Waals surface area contributed by atoms with Crippen LogP contribution >= 0.6 is 0 Å². The molecular weight excluding hydrogens is 340 g/mol. The van der Waals surface area contributed by atoms with E-state index in [4.69, 9.17) is 4.74 Å². The van der Waals surface area contributed by atoms with Gasteiger partial charge in [-0.3, -0.25) is 14.5 Å². The third-order valence-corrected chi connectivity index (χ3v) is 4.83. The Labute approximate surface area is 158 Å². The number of benzene rings is 1. The summed E-state index contributed by atoms with van der Waals surface area (Å²) in [5.41, 5.74) is 4.62. The second kappa shape index (κ2) is 7.23. The smallest absolute Gasteiger partial charge is 0.272 e. The van der Waals surface area contributed by atoms with Crippen LogP contribution in [0, 0.1) is 13.8 Å². The number of fused-ring (bicyclic) bond motifs is 1. The maximum absolute atomic E-state index is 12.9. The van der Waals surface area contributed by atoms with E-state index in [1.807, 2.05) is 60.5 Å². The molecule has 0 spiro atoms. The minimum absolute atomic E-state index is 0.0141. The highest BCUT2D eigenvalue weighted by atomic mass is 16.5. The molecule has 1 aliphatic heterocycles. The van der Waals surface area contributed by atoms with Gasteiger partial charge in [0.25, 0.3) is 5.91 Å². The van der Waals surface area contributed by atoms with Gasteiger partial charge >= 0.3 is 0 Å². The van der Waals surface area contributed by atoms with Crippen LogP contribution in [-0.4, -0.2) is 32.1 Å². The van der Waals surface area contributed by atoms with E-state index in [-0.39, 0.29) is 5.91 Å². The molecule has 0 saturated heterocycles. The van der Waals surface area contributed by atoms with Crippen molar-refractivity contribution in [2.24, 2.45) is 0 Å². The molecule has 0 unspecified atom stereocenters. The van der Waals surface area contributed by atoms with E-state index in [9.17, 15) is 4.79 Å². The zero-order valence-corrected chi connectivity index (χ0v) is 15.6. The highest BCUT2D eigenvalue weighted by Gasteiger charge is 2.26. The summed E-state index contributed by atoms with van der Waals surface area (Å²) < 4.78 is 7.52. The van der Waals surface area contributed by atoms with E-state index in [1.165, 1.54) is 5.56 Å². The Morgan fingerprint density at radius 2 is 1.85 bits per heavy atom. The van der Waals surface area contributed by atoms with Crippen molar-refractivity contribution >= 4 is 5.91 Å². The zero-order chi connectivity index (χ0) is 18.8. The Kier molecular flexibility index (Phi) is 4.62. The number of aromatic nitrogens is 3. The van der Waals surface area contributed by atoms with Crippen molar-refractivity contribution in [3.8, 4) is 5.75 Å². The van der Waals surface area contributed by atoms with Crippen molar-refractivity contribution in [2.45, 2.75) is 33.5 Å². The van der Waals surface area contributed by atoms with Gasteiger partial charge < -0.3 is 9.64 Å². The Balaban J connectivity index is 1.45. The monoisotopic (exact) mass is 362 g/mol. The number of carbonyl (C=O) groups is 1. The standard InChI is InChI=1S/C21H22N4O2/c1-15-10-17(22-12-16(15)2)13-24-8-9-25-20(21(24)26)11-18(23-25)14-27-19-6-4-3-5-7-19/h3-7,10-12H,8-9,13-14H2,1-2H3. The van der Waals surface area contributed by atoms with Gasteiger partial charge in [-0.1, -0.05) is 18.2 Å². The predicted octanol–water partition coefficient (Wildman–Crippen LogP) is 3.13. The van der Waals surface area contributed by atoms with Crippen LogP contribution in [0.1, 0.15) is 33.0 Å². The van der Waals surface area contributed by atoms with Crippen LogP contribution < -0.4 is 4.74 Å². The van der Waals surface area contributed by atoms with Crippen molar-refractivity contribution < 1.29 is 9.53 Å². The molecule has 138 valence electrons. The van der Waals surface area contributed by atoms with Crippen LogP contribution in [0.4, 0.5) is 0 Å². The molecule has 0 atom stereocenters. The fourth-order valence-electron chi connectivity index (χ4n) is 3.15. The van der Waals surface area contributed by atoms with Gasteiger partial charge in [-0.15, -0.1) is 0 Å². The summed E-state index contributed by atoms with van der Waals surface area (Å²) in [5, 5.41) is 4.51. The number of nitrogens with zero attached hydrogens (tertiary/aromatic N) is 4. The minimum Gasteiger partial charge on any atom is -0.487 e. The van der Waals surface area contributed by atoms with E-state index in [2.05, 4.69) is 17.0 Å². The summed E-state index contributed by atoms with van der Waals surface area (Å²) in [5.74, 6) is 0.775. The zero-order valence-electron chi connectivity index (χ0n) is 15.6. The molecule has 27 heavy (non-hydrogen) atoms. The number of para-hydroxylation sites is 1. The van der Waals surface area contributed by atoms with Gasteiger partial charge in [0, 0.05) is 12.7 Å². The van der Waals surface area contributed by atoms with E-state index >= 15 is 0 Å². The summed E-state index contributed by atoms with van der Waals surface area (Å²) >= 11 is 0. The average molecular weight is 362 g/mol. The van der Waals surface area contributed by atoms with Crippen molar-refractivity contribution in [1.29, 1.82) is 0 Å². The summed E-state index contributed by atoms with van der Waals surface area (Å²) in [7, 11) is 0. The first-order valence-corrected chi connectivity index (χ1v) is 9.06. The molecule has 0 radical (unpaired) electrons. The lowest BCUT2D eigenvalue weighted by Gasteiger charge is -2.27. The number of carbonyl (C=O) groups excluding carboxylic acids is 1. The van der Waals surface area contributed by atoms with Gasteiger partial charge in [-0.05, 0) is 49.2 Å². The first kappa shape index (κ1) is 17.3. The molecule has 6 nitrogen and oxygen atoms in total. The van der Waals surface area contributed by atoms with Gasteiger partial charge in [-0.25, -0.2) is 0 Å². The Hall–Kier alpha value is -3.15. The van der Waals surface area contributed by atoms with Crippen LogP contribution in [-0.2, 0) is 19.7 Å². The van der Waals surface area contributed by atoms with Gasteiger partial charge in [0.15, 0.2) is 0 Å². The molecule has 3 heterocycles. The van der Waals surface area contributed by atoms with E-state index in [0.29, 0.717) is 31.9 Å². The fraction of sp³-hybridized carbons (Fsp3) is 0.286. The third kappa shape index (κ3) is 3.69. The lowest BCUT2D eigenvalue weighted by atomic mass is 10.1. The van der Waals surface area contributed by atoms with E-state index < -0.39 is 0 Å². The Morgan fingerprint density at radius 1 is 1.04 bits per heavy atom. The molecule has 0 bridgehead atoms. The largest absolute Gasteiger partial charge is 0.487 e. The van der Waals surface area contributed by atoms with E-state index in [1.54, 1.807) is 4.68 Å². The van der Waals surface area contributed by atoms with Crippen LogP contribution in [0.5, 0.6) is 5.75 Å². The fourth-order valence-corrected chi connectivity index (χ4v) is 3.15. The predicted molar refractivity (Wildman–Crippen MR) is 101 cm³/mol. The lowest BCUT2D eigenvalue weighted by molar-refractivity contribution is 0.0681. The minimum atomic E-state index is -0.0141. The van der Waals surface area contributed by atoms with Gasteiger partial charge in [0.05, 0.1) is 18.8 Å². The van der Waals surface area contributed by atoms with E-state index in [0.717, 1.165) is 22.7 Å². The Bertz CT molecular complexity index is 966. The molecule has 3 aromatic rings. The molecule has 0 aliphatic carbocycles. The third-order valence-electron chi connectivity index (χ3n) is 4.83. The number of aryl methyl sites for hydroxylation is 2. The van der Waals surface area contributed by atoms with Gasteiger partial charge in [0.2, 0.25) is 0 Å². The normalized spacial score (nSPS) is 13.6. The van der Waals surface area contributed by atoms with Crippen molar-refractivity contribution in [2.75, 3.05) is 6.54 Å². The molecule has 6 heteroatoms. The topological polar surface area (TPSA) is 60.3 Å². The van der Waals surface area contributed by atoms with Crippen LogP contribution in [0.15, 0.2) is 48.7 Å². The first-order chi connectivity index (χ1) is 13.1. The molecule has 0 N–H and O–H groups in total. The van der Waals surface area contributed by atoms with Gasteiger partial charge in [0.1, 0.15) is 23.7 Å². The number of pyridine rings is 1. The van der Waals surface area contributed by atoms with Crippen LogP contribution in [0.25, 0.3) is 0 Å². The van der Waals surface area contributed by atoms with Crippen molar-refractivity contribution in [3.63, 3.8) is 0 Å². The number of ether oxygens (including phenoxy) is 1. The highest BCUT2D eigenvalue weighted by Crippen LogP contribution is 2.18. The summed E-state index contributed by atoms with van der Waals surface area (Å²) in [6, 6.07) is 13.5. The number of hydrogen-bond donors (Lipinski definition) is 0. The molecule has 0 saturated carbocycles. The molecule has 1 aromatic carbocycles. The van der Waals surface area contributed by atoms with Crippen molar-refractivity contribution in [1.82, 2.24) is 19.7 Å².